The number of nitrogens with one attached hydrogen (secondary N) is 1. The number of nitrogens with zero attached hydrogens (tertiary/aromatic N) is 1. The number of rotatable bonds is 6. The largest absolute Gasteiger partial charge is 0.328 e. The van der Waals surface area contributed by atoms with Crippen molar-refractivity contribution in [1.29, 1.82) is 0 Å². The molecule has 1 rings (SSSR count). The van der Waals surface area contributed by atoms with Gasteiger partial charge in [0.1, 0.15) is 0 Å². The van der Waals surface area contributed by atoms with E-state index in [1.165, 1.54) is 4.88 Å². The molecule has 4 heteroatoms. The van der Waals surface area contributed by atoms with E-state index in [1.807, 2.05) is 11.7 Å². The fraction of sp³-hybridized carbons (Fsp3) is 0.667. The van der Waals surface area contributed by atoms with Gasteiger partial charge in [0, 0.05) is 23.7 Å². The molecule has 0 fully saturated rings. The zero-order chi connectivity index (χ0) is 9.52. The maximum absolute atomic E-state index is 5.78. The third kappa shape index (κ3) is 4.36. The lowest BCUT2D eigenvalue weighted by Gasteiger charge is -2.08. The molecule has 0 amide bonds. The molecule has 1 aromatic rings. The van der Waals surface area contributed by atoms with E-state index in [1.54, 1.807) is 11.3 Å². The fourth-order valence-corrected chi connectivity index (χ4v) is 1.60. The maximum Gasteiger partial charge on any atom is 0.0794 e. The van der Waals surface area contributed by atoms with Crippen LogP contribution in [0.25, 0.3) is 0 Å². The minimum absolute atomic E-state index is 0.342. The Labute approximate surface area is 83.4 Å². The second-order valence-corrected chi connectivity index (χ2v) is 4.07. The first kappa shape index (κ1) is 10.6. The highest BCUT2D eigenvalue weighted by atomic mass is 32.1. The summed E-state index contributed by atoms with van der Waals surface area (Å²) in [7, 11) is 0. The molecule has 0 spiro atoms. The average Bonchev–Trinajstić information content (AvgIpc) is 2.64. The predicted molar refractivity (Wildman–Crippen MR) is 56.7 cm³/mol. The van der Waals surface area contributed by atoms with Crippen molar-refractivity contribution in [3.63, 3.8) is 0 Å². The molecule has 0 radical (unpaired) electrons. The van der Waals surface area contributed by atoms with E-state index >= 15 is 0 Å². The van der Waals surface area contributed by atoms with Gasteiger partial charge in [-0.3, -0.25) is 4.98 Å². The Morgan fingerprint density at radius 2 is 2.54 bits per heavy atom. The molecule has 1 unspecified atom stereocenters. The lowest BCUT2D eigenvalue weighted by molar-refractivity contribution is 0.551. The van der Waals surface area contributed by atoms with Crippen LogP contribution < -0.4 is 11.1 Å². The van der Waals surface area contributed by atoms with Crippen molar-refractivity contribution in [2.24, 2.45) is 5.73 Å². The van der Waals surface area contributed by atoms with Crippen LogP contribution in [0.15, 0.2) is 11.7 Å². The molecular weight excluding hydrogens is 182 g/mol. The SMILES string of the molecule is CCC(N)CCNCc1cncs1. The number of aromatic nitrogens is 1. The number of hydrogen-bond donors (Lipinski definition) is 2. The summed E-state index contributed by atoms with van der Waals surface area (Å²) in [5.74, 6) is 0. The topological polar surface area (TPSA) is 50.9 Å². The van der Waals surface area contributed by atoms with Gasteiger partial charge in [0.15, 0.2) is 0 Å². The summed E-state index contributed by atoms with van der Waals surface area (Å²) in [5, 5.41) is 3.34. The second-order valence-electron chi connectivity index (χ2n) is 3.10. The molecule has 74 valence electrons. The first-order chi connectivity index (χ1) is 6.33. The Bertz CT molecular complexity index is 211. The normalized spacial score (nSPS) is 13.1. The van der Waals surface area contributed by atoms with E-state index in [0.29, 0.717) is 6.04 Å². The van der Waals surface area contributed by atoms with Gasteiger partial charge >= 0.3 is 0 Å². The number of hydrogen-bond acceptors (Lipinski definition) is 4. The molecule has 3 N–H and O–H groups in total. The van der Waals surface area contributed by atoms with Crippen LogP contribution in [0.4, 0.5) is 0 Å². The van der Waals surface area contributed by atoms with Crippen LogP contribution >= 0.6 is 11.3 Å². The van der Waals surface area contributed by atoms with E-state index in [0.717, 1.165) is 25.9 Å². The van der Waals surface area contributed by atoms with Crippen molar-refractivity contribution in [3.8, 4) is 0 Å². The Morgan fingerprint density at radius 1 is 1.69 bits per heavy atom. The molecule has 13 heavy (non-hydrogen) atoms. The molecule has 1 heterocycles. The third-order valence-corrected chi connectivity index (χ3v) is 2.78. The molecule has 0 aromatic carbocycles. The first-order valence-corrected chi connectivity index (χ1v) is 5.54. The molecule has 1 aromatic heterocycles. The van der Waals surface area contributed by atoms with Gasteiger partial charge in [-0.25, -0.2) is 0 Å². The van der Waals surface area contributed by atoms with Crippen LogP contribution in [0.3, 0.4) is 0 Å². The van der Waals surface area contributed by atoms with Crippen LogP contribution in [0.2, 0.25) is 0 Å². The van der Waals surface area contributed by atoms with Gasteiger partial charge in [0.05, 0.1) is 5.51 Å². The summed E-state index contributed by atoms with van der Waals surface area (Å²) in [6.07, 6.45) is 4.01. The molecule has 0 saturated carbocycles. The van der Waals surface area contributed by atoms with Crippen LogP contribution in [0, 0.1) is 0 Å². The molecular formula is C9H17N3S. The van der Waals surface area contributed by atoms with Crippen LogP contribution in [-0.4, -0.2) is 17.6 Å². The Morgan fingerprint density at radius 3 is 3.15 bits per heavy atom. The van der Waals surface area contributed by atoms with Crippen LogP contribution in [0.1, 0.15) is 24.6 Å². The van der Waals surface area contributed by atoms with Gasteiger partial charge in [-0.1, -0.05) is 6.92 Å². The highest BCUT2D eigenvalue weighted by molar-refractivity contribution is 7.09. The Kier molecular flexibility index (Phi) is 4.97. The van der Waals surface area contributed by atoms with Crippen molar-refractivity contribution in [3.05, 3.63) is 16.6 Å². The molecule has 0 aliphatic carbocycles. The summed E-state index contributed by atoms with van der Waals surface area (Å²) < 4.78 is 0. The molecule has 1 atom stereocenters. The quantitative estimate of drug-likeness (QED) is 0.680. The van der Waals surface area contributed by atoms with E-state index < -0.39 is 0 Å². The summed E-state index contributed by atoms with van der Waals surface area (Å²) in [5.41, 5.74) is 7.64. The van der Waals surface area contributed by atoms with Gasteiger partial charge in [-0.15, -0.1) is 11.3 Å². The number of thiazole rings is 1. The molecule has 0 bridgehead atoms. The minimum Gasteiger partial charge on any atom is -0.328 e. The molecule has 0 aliphatic heterocycles. The van der Waals surface area contributed by atoms with Crippen molar-refractivity contribution in [2.75, 3.05) is 6.54 Å². The van der Waals surface area contributed by atoms with Crippen molar-refractivity contribution in [2.45, 2.75) is 32.4 Å². The highest BCUT2D eigenvalue weighted by Gasteiger charge is 1.98. The van der Waals surface area contributed by atoms with Gasteiger partial charge < -0.3 is 11.1 Å². The Hall–Kier alpha value is -0.450. The fourth-order valence-electron chi connectivity index (χ4n) is 1.03. The third-order valence-electron chi connectivity index (χ3n) is 2.00. The lowest BCUT2D eigenvalue weighted by Crippen LogP contribution is -2.25. The van der Waals surface area contributed by atoms with Gasteiger partial charge in [-0.05, 0) is 19.4 Å². The van der Waals surface area contributed by atoms with E-state index in [-0.39, 0.29) is 0 Å². The molecule has 0 aliphatic rings. The number of nitrogens with two attached hydrogens (primary N) is 1. The van der Waals surface area contributed by atoms with E-state index in [4.69, 9.17) is 5.73 Å². The van der Waals surface area contributed by atoms with Gasteiger partial charge in [-0.2, -0.15) is 0 Å². The van der Waals surface area contributed by atoms with Crippen molar-refractivity contribution < 1.29 is 0 Å². The van der Waals surface area contributed by atoms with E-state index in [9.17, 15) is 0 Å². The van der Waals surface area contributed by atoms with Crippen LogP contribution in [-0.2, 0) is 6.54 Å². The zero-order valence-corrected chi connectivity index (χ0v) is 8.81. The van der Waals surface area contributed by atoms with Crippen molar-refractivity contribution in [1.82, 2.24) is 10.3 Å². The summed E-state index contributed by atoms with van der Waals surface area (Å²) in [4.78, 5) is 5.29. The molecule has 0 saturated heterocycles. The average molecular weight is 199 g/mol. The first-order valence-electron chi connectivity index (χ1n) is 4.66. The minimum atomic E-state index is 0.342. The standard InChI is InChI=1S/C9H17N3S/c1-2-8(10)3-4-11-5-9-6-12-7-13-9/h6-8,11H,2-5,10H2,1H3. The summed E-state index contributed by atoms with van der Waals surface area (Å²) in [6.45, 7) is 4.03. The highest BCUT2D eigenvalue weighted by Crippen LogP contribution is 2.04. The van der Waals surface area contributed by atoms with Crippen molar-refractivity contribution >= 4 is 11.3 Å². The monoisotopic (exact) mass is 199 g/mol. The summed E-state index contributed by atoms with van der Waals surface area (Å²) >= 11 is 1.68. The maximum atomic E-state index is 5.78. The van der Waals surface area contributed by atoms with Gasteiger partial charge in [0.2, 0.25) is 0 Å². The van der Waals surface area contributed by atoms with E-state index in [2.05, 4.69) is 17.2 Å². The molecule has 3 nitrogen and oxygen atoms in total. The smallest absolute Gasteiger partial charge is 0.0794 e. The predicted octanol–water partition coefficient (Wildman–Crippen LogP) is 1.36. The van der Waals surface area contributed by atoms with Gasteiger partial charge in [0.25, 0.3) is 0 Å². The van der Waals surface area contributed by atoms with Crippen LogP contribution in [0.5, 0.6) is 0 Å². The lowest BCUT2D eigenvalue weighted by atomic mass is 10.2. The zero-order valence-electron chi connectivity index (χ0n) is 7.99. The Balaban J connectivity index is 2.02. The summed E-state index contributed by atoms with van der Waals surface area (Å²) in [6, 6.07) is 0.342. The second kappa shape index (κ2) is 6.07.